The molecular formula is C16H17FN2O2. The van der Waals surface area contributed by atoms with Crippen LogP contribution in [0.5, 0.6) is 11.5 Å². The molecule has 0 radical (unpaired) electrons. The van der Waals surface area contributed by atoms with Crippen LogP contribution in [0.2, 0.25) is 0 Å². The van der Waals surface area contributed by atoms with Crippen LogP contribution >= 0.6 is 0 Å². The molecule has 1 unspecified atom stereocenters. The molecule has 3 rings (SSSR count). The van der Waals surface area contributed by atoms with E-state index in [0.29, 0.717) is 24.5 Å². The zero-order chi connectivity index (χ0) is 14.7. The van der Waals surface area contributed by atoms with Gasteiger partial charge in [-0.3, -0.25) is 4.98 Å². The minimum atomic E-state index is -0.321. The number of benzene rings is 1. The molecule has 0 aliphatic carbocycles. The fourth-order valence-electron chi connectivity index (χ4n) is 2.47. The minimum Gasteiger partial charge on any atom is -0.486 e. The molecule has 0 spiro atoms. The standard InChI is InChI=1S/C16H17FN2O2/c1-2-19-16(12-5-6-18-10-13(12)17)11-3-4-14-15(9-11)21-8-7-20-14/h3-6,9-10,16,19H,2,7-8H2,1H3. The highest BCUT2D eigenvalue weighted by Crippen LogP contribution is 2.34. The van der Waals surface area contributed by atoms with Gasteiger partial charge in [0.15, 0.2) is 11.5 Å². The maximum absolute atomic E-state index is 14.0. The van der Waals surface area contributed by atoms with E-state index in [9.17, 15) is 4.39 Å². The highest BCUT2D eigenvalue weighted by atomic mass is 19.1. The predicted octanol–water partition coefficient (Wildman–Crippen LogP) is 2.69. The zero-order valence-corrected chi connectivity index (χ0v) is 11.8. The average molecular weight is 288 g/mol. The monoisotopic (exact) mass is 288 g/mol. The summed E-state index contributed by atoms with van der Waals surface area (Å²) in [6.07, 6.45) is 2.83. The van der Waals surface area contributed by atoms with Crippen LogP contribution in [0.3, 0.4) is 0 Å². The summed E-state index contributed by atoms with van der Waals surface area (Å²) in [6.45, 7) is 3.80. The predicted molar refractivity (Wildman–Crippen MR) is 77.1 cm³/mol. The Bertz CT molecular complexity index is 633. The van der Waals surface area contributed by atoms with E-state index in [1.807, 2.05) is 25.1 Å². The molecule has 4 nitrogen and oxygen atoms in total. The summed E-state index contributed by atoms with van der Waals surface area (Å²) in [5, 5.41) is 3.30. The first kappa shape index (κ1) is 13.8. The van der Waals surface area contributed by atoms with Crippen LogP contribution in [0.25, 0.3) is 0 Å². The van der Waals surface area contributed by atoms with Crippen molar-refractivity contribution in [2.45, 2.75) is 13.0 Å². The summed E-state index contributed by atoms with van der Waals surface area (Å²) in [7, 11) is 0. The fraction of sp³-hybridized carbons (Fsp3) is 0.312. The molecule has 1 N–H and O–H groups in total. The summed E-state index contributed by atoms with van der Waals surface area (Å²) in [5.74, 6) is 1.12. The van der Waals surface area contributed by atoms with Crippen molar-refractivity contribution in [1.29, 1.82) is 0 Å². The number of ether oxygens (including phenoxy) is 2. The smallest absolute Gasteiger partial charge is 0.161 e. The van der Waals surface area contributed by atoms with Gasteiger partial charge in [0.2, 0.25) is 0 Å². The normalized spacial score (nSPS) is 14.8. The van der Waals surface area contributed by atoms with Crippen LogP contribution in [0.4, 0.5) is 4.39 Å². The van der Waals surface area contributed by atoms with Crippen LogP contribution in [0.15, 0.2) is 36.7 Å². The van der Waals surface area contributed by atoms with E-state index in [1.165, 1.54) is 6.20 Å². The Morgan fingerprint density at radius 3 is 2.81 bits per heavy atom. The molecule has 1 aliphatic rings. The highest BCUT2D eigenvalue weighted by molar-refractivity contribution is 5.46. The molecule has 1 aromatic heterocycles. The second-order valence-electron chi connectivity index (χ2n) is 4.79. The van der Waals surface area contributed by atoms with Gasteiger partial charge in [-0.1, -0.05) is 13.0 Å². The number of nitrogens with zero attached hydrogens (tertiary/aromatic N) is 1. The molecule has 21 heavy (non-hydrogen) atoms. The maximum atomic E-state index is 14.0. The Morgan fingerprint density at radius 1 is 1.24 bits per heavy atom. The summed E-state index contributed by atoms with van der Waals surface area (Å²) in [6, 6.07) is 7.16. The van der Waals surface area contributed by atoms with Crippen molar-refractivity contribution in [3.63, 3.8) is 0 Å². The summed E-state index contributed by atoms with van der Waals surface area (Å²) < 4.78 is 25.1. The molecule has 1 atom stereocenters. The number of pyridine rings is 1. The Hall–Kier alpha value is -2.14. The van der Waals surface area contributed by atoms with Gasteiger partial charge in [-0.15, -0.1) is 0 Å². The summed E-state index contributed by atoms with van der Waals surface area (Å²) >= 11 is 0. The molecule has 0 amide bonds. The zero-order valence-electron chi connectivity index (χ0n) is 11.8. The van der Waals surface area contributed by atoms with Gasteiger partial charge >= 0.3 is 0 Å². The van der Waals surface area contributed by atoms with Crippen molar-refractivity contribution >= 4 is 0 Å². The fourth-order valence-corrected chi connectivity index (χ4v) is 2.47. The van der Waals surface area contributed by atoms with Gasteiger partial charge < -0.3 is 14.8 Å². The Balaban J connectivity index is 1.99. The Morgan fingerprint density at radius 2 is 2.05 bits per heavy atom. The minimum absolute atomic E-state index is 0.242. The number of nitrogens with one attached hydrogen (secondary N) is 1. The lowest BCUT2D eigenvalue weighted by Gasteiger charge is -2.23. The molecule has 2 heterocycles. The maximum Gasteiger partial charge on any atom is 0.161 e. The molecular weight excluding hydrogens is 271 g/mol. The quantitative estimate of drug-likeness (QED) is 0.939. The average Bonchev–Trinajstić information content (AvgIpc) is 2.53. The second-order valence-corrected chi connectivity index (χ2v) is 4.79. The van der Waals surface area contributed by atoms with Crippen molar-refractivity contribution < 1.29 is 13.9 Å². The first-order valence-electron chi connectivity index (χ1n) is 7.02. The third-order valence-corrected chi connectivity index (χ3v) is 3.42. The lowest BCUT2D eigenvalue weighted by atomic mass is 9.98. The molecule has 2 aromatic rings. The third-order valence-electron chi connectivity index (χ3n) is 3.42. The van der Waals surface area contributed by atoms with Gasteiger partial charge in [0.25, 0.3) is 0 Å². The van der Waals surface area contributed by atoms with Crippen molar-refractivity contribution in [3.05, 3.63) is 53.6 Å². The van der Waals surface area contributed by atoms with Crippen molar-refractivity contribution in [2.24, 2.45) is 0 Å². The van der Waals surface area contributed by atoms with Gasteiger partial charge in [-0.25, -0.2) is 4.39 Å². The number of hydrogen-bond donors (Lipinski definition) is 1. The van der Waals surface area contributed by atoms with Crippen molar-refractivity contribution in [3.8, 4) is 11.5 Å². The lowest BCUT2D eigenvalue weighted by molar-refractivity contribution is 0.171. The van der Waals surface area contributed by atoms with E-state index >= 15 is 0 Å². The first-order chi connectivity index (χ1) is 10.3. The third kappa shape index (κ3) is 2.83. The van der Waals surface area contributed by atoms with Crippen LogP contribution in [-0.4, -0.2) is 24.7 Å². The number of fused-ring (bicyclic) bond motifs is 1. The molecule has 0 saturated heterocycles. The highest BCUT2D eigenvalue weighted by Gasteiger charge is 2.20. The van der Waals surface area contributed by atoms with E-state index in [1.54, 1.807) is 12.3 Å². The van der Waals surface area contributed by atoms with E-state index in [-0.39, 0.29) is 11.9 Å². The van der Waals surface area contributed by atoms with Gasteiger partial charge in [0.1, 0.15) is 19.0 Å². The molecule has 110 valence electrons. The SMILES string of the molecule is CCNC(c1ccc2c(c1)OCCO2)c1ccncc1F. The van der Waals surface area contributed by atoms with E-state index in [4.69, 9.17) is 9.47 Å². The van der Waals surface area contributed by atoms with Crippen LogP contribution in [0, 0.1) is 5.82 Å². The van der Waals surface area contributed by atoms with Crippen LogP contribution < -0.4 is 14.8 Å². The van der Waals surface area contributed by atoms with Gasteiger partial charge in [0, 0.05) is 11.8 Å². The Kier molecular flexibility index (Phi) is 4.01. The number of rotatable bonds is 4. The van der Waals surface area contributed by atoms with Gasteiger partial charge in [-0.05, 0) is 30.3 Å². The van der Waals surface area contributed by atoms with E-state index < -0.39 is 0 Å². The second kappa shape index (κ2) is 6.10. The van der Waals surface area contributed by atoms with Crippen molar-refractivity contribution in [1.82, 2.24) is 10.3 Å². The summed E-state index contributed by atoms with van der Waals surface area (Å²) in [4.78, 5) is 3.80. The van der Waals surface area contributed by atoms with Crippen LogP contribution in [0.1, 0.15) is 24.1 Å². The Labute approximate surface area is 122 Å². The largest absolute Gasteiger partial charge is 0.486 e. The topological polar surface area (TPSA) is 43.4 Å². The molecule has 0 bridgehead atoms. The van der Waals surface area contributed by atoms with Crippen molar-refractivity contribution in [2.75, 3.05) is 19.8 Å². The van der Waals surface area contributed by atoms with E-state index in [2.05, 4.69) is 10.3 Å². The molecule has 0 fully saturated rings. The molecule has 1 aliphatic heterocycles. The number of halogens is 1. The van der Waals surface area contributed by atoms with Gasteiger partial charge in [0.05, 0.1) is 12.2 Å². The number of hydrogen-bond acceptors (Lipinski definition) is 4. The molecule has 0 saturated carbocycles. The van der Waals surface area contributed by atoms with Crippen LogP contribution in [-0.2, 0) is 0 Å². The summed E-state index contributed by atoms with van der Waals surface area (Å²) in [5.41, 5.74) is 1.51. The van der Waals surface area contributed by atoms with E-state index in [0.717, 1.165) is 17.9 Å². The first-order valence-corrected chi connectivity index (χ1v) is 7.02. The molecule has 1 aromatic carbocycles. The van der Waals surface area contributed by atoms with Gasteiger partial charge in [-0.2, -0.15) is 0 Å². The molecule has 5 heteroatoms. The lowest BCUT2D eigenvalue weighted by Crippen LogP contribution is -2.23. The number of aromatic nitrogens is 1.